The summed E-state index contributed by atoms with van der Waals surface area (Å²) in [4.78, 5) is 41.0. The first-order valence-electron chi connectivity index (χ1n) is 12.0. The Labute approximate surface area is 203 Å². The molecule has 2 saturated heterocycles. The summed E-state index contributed by atoms with van der Waals surface area (Å²) in [5.74, 6) is 0.542. The minimum absolute atomic E-state index is 0.104. The van der Waals surface area contributed by atoms with Crippen LogP contribution in [-0.2, 0) is 11.3 Å². The standard InChI is InChI=1S/C26H29FN6O2/c27-20-9-7-18(8-10-20)25(34)33-11-3-4-19(16-33)26(35)32-14-12-31(13-15-32)17-23-29-22-6-2-1-5-21(22)24(28)30-23/h1-2,5-10,19H,3-4,11-17H2,(H2,28,29,30). The van der Waals surface area contributed by atoms with Crippen LogP contribution in [0.1, 0.15) is 29.0 Å². The van der Waals surface area contributed by atoms with Crippen molar-refractivity contribution < 1.29 is 14.0 Å². The highest BCUT2D eigenvalue weighted by molar-refractivity contribution is 5.94. The van der Waals surface area contributed by atoms with Crippen LogP contribution in [0.25, 0.3) is 10.9 Å². The summed E-state index contributed by atoms with van der Waals surface area (Å²) in [6.07, 6.45) is 1.56. The highest BCUT2D eigenvalue weighted by Crippen LogP contribution is 2.22. The number of aromatic nitrogens is 2. The molecule has 0 spiro atoms. The zero-order valence-corrected chi connectivity index (χ0v) is 19.6. The first-order valence-corrected chi connectivity index (χ1v) is 12.0. The number of halogens is 1. The summed E-state index contributed by atoms with van der Waals surface area (Å²) in [6.45, 7) is 4.32. The summed E-state index contributed by atoms with van der Waals surface area (Å²) < 4.78 is 13.2. The smallest absolute Gasteiger partial charge is 0.253 e. The molecule has 1 unspecified atom stereocenters. The van der Waals surface area contributed by atoms with Gasteiger partial charge in [0, 0.05) is 50.2 Å². The molecule has 0 bridgehead atoms. The van der Waals surface area contributed by atoms with Gasteiger partial charge >= 0.3 is 0 Å². The van der Waals surface area contributed by atoms with Gasteiger partial charge in [-0.2, -0.15) is 0 Å². The van der Waals surface area contributed by atoms with Crippen molar-refractivity contribution in [1.82, 2.24) is 24.7 Å². The van der Waals surface area contributed by atoms with Crippen molar-refractivity contribution in [1.29, 1.82) is 0 Å². The molecule has 2 fully saturated rings. The van der Waals surface area contributed by atoms with Gasteiger partial charge in [-0.05, 0) is 49.2 Å². The van der Waals surface area contributed by atoms with Gasteiger partial charge in [-0.25, -0.2) is 14.4 Å². The molecule has 2 N–H and O–H groups in total. The Kier molecular flexibility index (Phi) is 6.59. The van der Waals surface area contributed by atoms with Crippen molar-refractivity contribution in [3.8, 4) is 0 Å². The first-order chi connectivity index (χ1) is 17.0. The molecule has 3 aromatic rings. The molecule has 182 valence electrons. The average Bonchev–Trinajstić information content (AvgIpc) is 2.89. The molecule has 2 aliphatic heterocycles. The zero-order chi connectivity index (χ0) is 24.4. The summed E-state index contributed by atoms with van der Waals surface area (Å²) >= 11 is 0. The normalized spacial score (nSPS) is 19.2. The first kappa shape index (κ1) is 23.2. The molecule has 1 atom stereocenters. The molecule has 2 amide bonds. The average molecular weight is 477 g/mol. The van der Waals surface area contributed by atoms with Crippen LogP contribution in [-0.4, -0.2) is 75.8 Å². The van der Waals surface area contributed by atoms with Gasteiger partial charge < -0.3 is 15.5 Å². The zero-order valence-electron chi connectivity index (χ0n) is 19.6. The van der Waals surface area contributed by atoms with Crippen LogP contribution in [0, 0.1) is 11.7 Å². The number of nitrogens with two attached hydrogens (primary N) is 1. The number of rotatable bonds is 4. The minimum atomic E-state index is -0.372. The Hall–Kier alpha value is -3.59. The predicted octanol–water partition coefficient (Wildman–Crippen LogP) is 2.55. The van der Waals surface area contributed by atoms with Crippen molar-refractivity contribution in [2.24, 2.45) is 5.92 Å². The molecule has 0 saturated carbocycles. The second-order valence-corrected chi connectivity index (χ2v) is 9.24. The third-order valence-corrected chi connectivity index (χ3v) is 6.88. The second kappa shape index (κ2) is 9.95. The lowest BCUT2D eigenvalue weighted by Gasteiger charge is -2.39. The van der Waals surface area contributed by atoms with Crippen molar-refractivity contribution in [3.05, 3.63) is 65.7 Å². The molecule has 0 aliphatic carbocycles. The van der Waals surface area contributed by atoms with E-state index in [1.807, 2.05) is 29.2 Å². The van der Waals surface area contributed by atoms with E-state index in [0.29, 0.717) is 49.9 Å². The number of benzene rings is 2. The molecule has 35 heavy (non-hydrogen) atoms. The quantitative estimate of drug-likeness (QED) is 0.622. The fourth-order valence-electron chi connectivity index (χ4n) is 4.94. The number of hydrogen-bond acceptors (Lipinski definition) is 6. The van der Waals surface area contributed by atoms with Crippen molar-refractivity contribution in [2.45, 2.75) is 19.4 Å². The fourth-order valence-corrected chi connectivity index (χ4v) is 4.94. The lowest BCUT2D eigenvalue weighted by Crippen LogP contribution is -2.52. The van der Waals surface area contributed by atoms with Crippen molar-refractivity contribution in [2.75, 3.05) is 45.0 Å². The van der Waals surface area contributed by atoms with Crippen molar-refractivity contribution in [3.63, 3.8) is 0 Å². The number of amides is 2. The number of likely N-dealkylation sites (tertiary alicyclic amines) is 1. The van der Waals surface area contributed by atoms with E-state index in [0.717, 1.165) is 36.8 Å². The Balaban J connectivity index is 1.16. The summed E-state index contributed by atoms with van der Waals surface area (Å²) in [5.41, 5.74) is 7.40. The van der Waals surface area contributed by atoms with E-state index in [4.69, 9.17) is 5.73 Å². The largest absolute Gasteiger partial charge is 0.383 e. The molecule has 8 nitrogen and oxygen atoms in total. The van der Waals surface area contributed by atoms with E-state index in [1.54, 1.807) is 4.90 Å². The summed E-state index contributed by atoms with van der Waals surface area (Å²) in [7, 11) is 0. The number of fused-ring (bicyclic) bond motifs is 1. The lowest BCUT2D eigenvalue weighted by atomic mass is 9.95. The van der Waals surface area contributed by atoms with E-state index in [2.05, 4.69) is 14.9 Å². The number of carbonyl (C=O) groups is 2. The van der Waals surface area contributed by atoms with Gasteiger partial charge in [0.15, 0.2) is 0 Å². The maximum atomic E-state index is 13.2. The van der Waals surface area contributed by atoms with E-state index in [1.165, 1.54) is 24.3 Å². The monoisotopic (exact) mass is 476 g/mol. The summed E-state index contributed by atoms with van der Waals surface area (Å²) in [5, 5.41) is 0.853. The van der Waals surface area contributed by atoms with Crippen LogP contribution < -0.4 is 5.73 Å². The molecular weight excluding hydrogens is 447 g/mol. The molecule has 1 aromatic heterocycles. The predicted molar refractivity (Wildman–Crippen MR) is 131 cm³/mol. The number of hydrogen-bond donors (Lipinski definition) is 1. The van der Waals surface area contributed by atoms with Crippen LogP contribution in [0.3, 0.4) is 0 Å². The number of nitrogen functional groups attached to an aromatic ring is 1. The van der Waals surface area contributed by atoms with Crippen LogP contribution in [0.5, 0.6) is 0 Å². The third-order valence-electron chi connectivity index (χ3n) is 6.88. The van der Waals surface area contributed by atoms with Crippen LogP contribution in [0.15, 0.2) is 48.5 Å². The van der Waals surface area contributed by atoms with Crippen LogP contribution in [0.2, 0.25) is 0 Å². The van der Waals surface area contributed by atoms with Gasteiger partial charge in [0.2, 0.25) is 5.91 Å². The molecule has 5 rings (SSSR count). The van der Waals surface area contributed by atoms with E-state index in [-0.39, 0.29) is 23.5 Å². The fraction of sp³-hybridized carbons (Fsp3) is 0.385. The third kappa shape index (κ3) is 5.09. The highest BCUT2D eigenvalue weighted by atomic mass is 19.1. The summed E-state index contributed by atoms with van der Waals surface area (Å²) in [6, 6.07) is 13.3. The highest BCUT2D eigenvalue weighted by Gasteiger charge is 2.33. The number of anilines is 1. The van der Waals surface area contributed by atoms with E-state index >= 15 is 0 Å². The topological polar surface area (TPSA) is 95.7 Å². The molecule has 2 aromatic carbocycles. The molecule has 9 heteroatoms. The molecule has 2 aliphatic rings. The second-order valence-electron chi connectivity index (χ2n) is 9.24. The number of piperazine rings is 1. The number of para-hydroxylation sites is 1. The van der Waals surface area contributed by atoms with Gasteiger partial charge in [-0.15, -0.1) is 0 Å². The van der Waals surface area contributed by atoms with E-state index in [9.17, 15) is 14.0 Å². The molecule has 3 heterocycles. The number of piperidine rings is 1. The molecular formula is C26H29FN6O2. The van der Waals surface area contributed by atoms with Crippen molar-refractivity contribution >= 4 is 28.5 Å². The lowest BCUT2D eigenvalue weighted by molar-refractivity contribution is -0.138. The van der Waals surface area contributed by atoms with Crippen LogP contribution in [0.4, 0.5) is 10.2 Å². The maximum Gasteiger partial charge on any atom is 0.253 e. The number of nitrogens with zero attached hydrogens (tertiary/aromatic N) is 5. The number of carbonyl (C=O) groups excluding carboxylic acids is 2. The van der Waals surface area contributed by atoms with Gasteiger partial charge in [-0.3, -0.25) is 14.5 Å². The Morgan fingerprint density at radius 1 is 0.943 bits per heavy atom. The molecule has 0 radical (unpaired) electrons. The maximum absolute atomic E-state index is 13.2. The Bertz CT molecular complexity index is 1230. The SMILES string of the molecule is Nc1nc(CN2CCN(C(=O)C3CCCN(C(=O)c4ccc(F)cc4)C3)CC2)nc2ccccc12. The van der Waals surface area contributed by atoms with Gasteiger partial charge in [-0.1, -0.05) is 12.1 Å². The Morgan fingerprint density at radius 3 is 2.46 bits per heavy atom. The van der Waals surface area contributed by atoms with E-state index < -0.39 is 0 Å². The van der Waals surface area contributed by atoms with Gasteiger partial charge in [0.25, 0.3) is 5.91 Å². The minimum Gasteiger partial charge on any atom is -0.383 e. The van der Waals surface area contributed by atoms with Gasteiger partial charge in [0.05, 0.1) is 18.0 Å². The van der Waals surface area contributed by atoms with Gasteiger partial charge in [0.1, 0.15) is 17.5 Å². The Morgan fingerprint density at radius 2 is 1.69 bits per heavy atom. The van der Waals surface area contributed by atoms with Crippen LogP contribution >= 0.6 is 0 Å².